The summed E-state index contributed by atoms with van der Waals surface area (Å²) in [6.07, 6.45) is 3.91. The minimum Gasteiger partial charge on any atom is -0.448 e. The third-order valence-electron chi connectivity index (χ3n) is 6.19. The number of aromatic nitrogens is 1. The zero-order valence-corrected chi connectivity index (χ0v) is 17.8. The molecule has 2 saturated heterocycles. The molecule has 2 aliphatic rings. The van der Waals surface area contributed by atoms with E-state index in [1.807, 2.05) is 4.90 Å². The molecule has 7 nitrogen and oxygen atoms in total. The maximum atomic E-state index is 13.0. The normalized spacial score (nSPS) is 22.2. The van der Waals surface area contributed by atoms with E-state index < -0.39 is 6.10 Å². The highest BCUT2D eigenvalue weighted by Gasteiger charge is 2.38. The van der Waals surface area contributed by atoms with E-state index >= 15 is 0 Å². The molecule has 162 valence electrons. The number of methoxy groups -OCH3 is 1. The van der Waals surface area contributed by atoms with Crippen LogP contribution in [0.1, 0.15) is 47.9 Å². The number of benzene rings is 1. The number of oxazole rings is 1. The maximum Gasteiger partial charge on any atom is 0.320 e. The molecule has 2 aromatic rings. The van der Waals surface area contributed by atoms with Gasteiger partial charge in [-0.1, -0.05) is 31.2 Å². The average molecular weight is 414 g/mol. The van der Waals surface area contributed by atoms with Crippen LogP contribution in [0.25, 0.3) is 0 Å². The van der Waals surface area contributed by atoms with Crippen molar-refractivity contribution in [3.8, 4) is 0 Å². The van der Waals surface area contributed by atoms with Crippen molar-refractivity contribution < 1.29 is 19.1 Å². The van der Waals surface area contributed by atoms with Crippen LogP contribution in [0.4, 0.5) is 4.79 Å². The molecule has 1 N–H and O–H groups in total. The van der Waals surface area contributed by atoms with Crippen molar-refractivity contribution in [2.45, 2.75) is 44.1 Å². The number of nitrogens with zero attached hydrogens (tertiary/aromatic N) is 3. The number of hydrogen-bond acceptors (Lipinski definition) is 5. The third kappa shape index (κ3) is 4.52. The highest BCUT2D eigenvalue weighted by atomic mass is 16.5. The number of likely N-dealkylation sites (tertiary alicyclic amines) is 2. The second kappa shape index (κ2) is 9.18. The van der Waals surface area contributed by atoms with Gasteiger partial charge in [0.15, 0.2) is 5.89 Å². The molecule has 3 heterocycles. The molecule has 4 rings (SSSR count). The number of ether oxygens (including phenoxy) is 1. The minimum atomic E-state index is -0.401. The lowest BCUT2D eigenvalue weighted by Gasteiger charge is -2.43. The second-order valence-corrected chi connectivity index (χ2v) is 8.39. The second-order valence-electron chi connectivity index (χ2n) is 8.39. The fraction of sp³-hybridized carbons (Fsp3) is 0.565. The Morgan fingerprint density at radius 1 is 1.17 bits per heavy atom. The molecule has 2 atom stereocenters. The van der Waals surface area contributed by atoms with Gasteiger partial charge < -0.3 is 24.1 Å². The van der Waals surface area contributed by atoms with E-state index in [2.05, 4.69) is 36.2 Å². The van der Waals surface area contributed by atoms with Crippen molar-refractivity contribution >= 4 is 6.03 Å². The fourth-order valence-corrected chi connectivity index (χ4v) is 4.34. The van der Waals surface area contributed by atoms with Gasteiger partial charge in [0, 0.05) is 32.5 Å². The standard InChI is InChI=1S/C23H31N3O4/c1-3-16-4-6-17(7-5-16)18-10-19(22-24-20(15-30-22)8-9-29-2)12-25(11-18)23(28)26-13-21(27)14-26/h4-7,15,18-19,21,27H,3,8-14H2,1-2H3. The largest absolute Gasteiger partial charge is 0.448 e. The lowest BCUT2D eigenvalue weighted by molar-refractivity contribution is 0.0112. The fourth-order valence-electron chi connectivity index (χ4n) is 4.34. The SMILES string of the molecule is CCc1ccc(C2CC(c3nc(CCOC)co3)CN(C(=O)N3CC(O)C3)C2)cc1. The first kappa shape index (κ1) is 20.9. The van der Waals surface area contributed by atoms with Gasteiger partial charge in [-0.05, 0) is 24.0 Å². The zero-order valence-electron chi connectivity index (χ0n) is 17.8. The molecule has 2 fully saturated rings. The molecule has 0 aliphatic carbocycles. The van der Waals surface area contributed by atoms with Gasteiger partial charge in [-0.2, -0.15) is 0 Å². The topological polar surface area (TPSA) is 79.0 Å². The van der Waals surface area contributed by atoms with Crippen LogP contribution in [-0.4, -0.2) is 71.9 Å². The molecule has 0 radical (unpaired) electrons. The predicted octanol–water partition coefficient (Wildman–Crippen LogP) is 2.80. The van der Waals surface area contributed by atoms with Gasteiger partial charge in [0.1, 0.15) is 6.26 Å². The zero-order chi connectivity index (χ0) is 21.1. The molecule has 2 aliphatic heterocycles. The Bertz CT molecular complexity index is 844. The summed E-state index contributed by atoms with van der Waals surface area (Å²) in [5.74, 6) is 0.956. The first-order valence-electron chi connectivity index (χ1n) is 10.8. The van der Waals surface area contributed by atoms with E-state index in [1.165, 1.54) is 11.1 Å². The molecule has 30 heavy (non-hydrogen) atoms. The molecule has 2 amide bonds. The number of aryl methyl sites for hydroxylation is 1. The van der Waals surface area contributed by atoms with Gasteiger partial charge >= 0.3 is 6.03 Å². The lowest BCUT2D eigenvalue weighted by Crippen LogP contribution is -2.59. The molecule has 1 aromatic carbocycles. The number of hydrogen-bond donors (Lipinski definition) is 1. The number of piperidine rings is 1. The molecule has 0 spiro atoms. The van der Waals surface area contributed by atoms with E-state index in [4.69, 9.17) is 9.15 Å². The van der Waals surface area contributed by atoms with E-state index in [-0.39, 0.29) is 17.9 Å². The van der Waals surface area contributed by atoms with Crippen LogP contribution in [0.2, 0.25) is 0 Å². The third-order valence-corrected chi connectivity index (χ3v) is 6.19. The Kier molecular flexibility index (Phi) is 6.39. The van der Waals surface area contributed by atoms with Gasteiger partial charge in [-0.3, -0.25) is 0 Å². The van der Waals surface area contributed by atoms with Gasteiger partial charge in [-0.15, -0.1) is 0 Å². The summed E-state index contributed by atoms with van der Waals surface area (Å²) < 4.78 is 10.9. The highest BCUT2D eigenvalue weighted by molar-refractivity contribution is 5.75. The Balaban J connectivity index is 1.54. The summed E-state index contributed by atoms with van der Waals surface area (Å²) in [5.41, 5.74) is 3.43. The van der Waals surface area contributed by atoms with Crippen molar-refractivity contribution in [2.75, 3.05) is 39.9 Å². The number of carbonyl (C=O) groups is 1. The summed E-state index contributed by atoms with van der Waals surface area (Å²) in [4.78, 5) is 21.3. The number of urea groups is 1. The van der Waals surface area contributed by atoms with E-state index in [0.717, 1.165) is 18.5 Å². The lowest BCUT2D eigenvalue weighted by atomic mass is 9.84. The molecule has 1 aromatic heterocycles. The number of rotatable bonds is 6. The van der Waals surface area contributed by atoms with Crippen LogP contribution in [0.15, 0.2) is 34.9 Å². The summed E-state index contributed by atoms with van der Waals surface area (Å²) >= 11 is 0. The van der Waals surface area contributed by atoms with Gasteiger partial charge in [0.25, 0.3) is 0 Å². The Hall–Kier alpha value is -2.38. The molecule has 2 unspecified atom stereocenters. The maximum absolute atomic E-state index is 13.0. The van der Waals surface area contributed by atoms with E-state index in [9.17, 15) is 9.90 Å². The quantitative estimate of drug-likeness (QED) is 0.788. The number of amides is 2. The molecular weight excluding hydrogens is 382 g/mol. The first-order chi connectivity index (χ1) is 14.6. The van der Waals surface area contributed by atoms with Crippen molar-refractivity contribution in [3.63, 3.8) is 0 Å². The smallest absolute Gasteiger partial charge is 0.320 e. The van der Waals surface area contributed by atoms with Gasteiger partial charge in [0.2, 0.25) is 0 Å². The van der Waals surface area contributed by atoms with Crippen LogP contribution in [0, 0.1) is 0 Å². The van der Waals surface area contributed by atoms with Crippen molar-refractivity contribution in [2.24, 2.45) is 0 Å². The van der Waals surface area contributed by atoms with E-state index in [0.29, 0.717) is 45.1 Å². The van der Waals surface area contributed by atoms with Crippen LogP contribution < -0.4 is 0 Å². The van der Waals surface area contributed by atoms with E-state index in [1.54, 1.807) is 18.3 Å². The number of β-amino-alcohol motifs (C(OH)–C–C–N with tert-alkyl or cyclic N) is 1. The monoisotopic (exact) mass is 413 g/mol. The van der Waals surface area contributed by atoms with Crippen LogP contribution in [0.3, 0.4) is 0 Å². The minimum absolute atomic E-state index is 0.00802. The summed E-state index contributed by atoms with van der Waals surface area (Å²) in [6.45, 7) is 4.83. The summed E-state index contributed by atoms with van der Waals surface area (Å²) in [7, 11) is 1.67. The van der Waals surface area contributed by atoms with Crippen molar-refractivity contribution in [3.05, 3.63) is 53.2 Å². The molecule has 7 heteroatoms. The van der Waals surface area contributed by atoms with Crippen LogP contribution in [-0.2, 0) is 17.6 Å². The Labute approximate surface area is 177 Å². The first-order valence-corrected chi connectivity index (χ1v) is 10.8. The van der Waals surface area contributed by atoms with Crippen molar-refractivity contribution in [1.29, 1.82) is 0 Å². The number of aliphatic hydroxyl groups is 1. The Morgan fingerprint density at radius 2 is 1.87 bits per heavy atom. The van der Waals surface area contributed by atoms with Crippen LogP contribution in [0.5, 0.6) is 0 Å². The molecular formula is C23H31N3O4. The van der Waals surface area contributed by atoms with Crippen molar-refractivity contribution in [1.82, 2.24) is 14.8 Å². The number of carbonyl (C=O) groups excluding carboxylic acids is 1. The van der Waals surface area contributed by atoms with Crippen LogP contribution >= 0.6 is 0 Å². The predicted molar refractivity (Wildman–Crippen MR) is 113 cm³/mol. The summed E-state index contributed by atoms with van der Waals surface area (Å²) in [6, 6.07) is 8.70. The molecule has 0 saturated carbocycles. The average Bonchev–Trinajstić information content (AvgIpc) is 3.24. The molecule has 0 bridgehead atoms. The number of aliphatic hydroxyl groups excluding tert-OH is 1. The van der Waals surface area contributed by atoms with Gasteiger partial charge in [-0.25, -0.2) is 9.78 Å². The Morgan fingerprint density at radius 3 is 2.53 bits per heavy atom. The highest BCUT2D eigenvalue weighted by Crippen LogP contribution is 2.36. The van der Waals surface area contributed by atoms with Gasteiger partial charge in [0.05, 0.1) is 37.4 Å². The summed E-state index contributed by atoms with van der Waals surface area (Å²) in [5, 5.41) is 9.60.